The number of thiophene rings is 3. The summed E-state index contributed by atoms with van der Waals surface area (Å²) in [6, 6.07) is 9.51. The van der Waals surface area contributed by atoms with E-state index in [1.54, 1.807) is 5.56 Å². The van der Waals surface area contributed by atoms with Crippen LogP contribution < -0.4 is 0 Å². The maximum atomic E-state index is 4.50. The fourth-order valence-corrected chi connectivity index (χ4v) is 9.27. The van der Waals surface area contributed by atoms with E-state index in [0.717, 1.165) is 18.7 Å². The van der Waals surface area contributed by atoms with Crippen molar-refractivity contribution < 1.29 is 0 Å². The van der Waals surface area contributed by atoms with Crippen LogP contribution in [0.3, 0.4) is 0 Å². The average molecular weight is 680 g/mol. The van der Waals surface area contributed by atoms with Crippen molar-refractivity contribution >= 4 is 56.6 Å². The van der Waals surface area contributed by atoms with Crippen LogP contribution in [-0.2, 0) is 19.4 Å². The zero-order chi connectivity index (χ0) is 26.7. The lowest BCUT2D eigenvalue weighted by Crippen LogP contribution is -1.98. The molecule has 0 bridgehead atoms. The number of unbranched alkanes of at least 4 members (excludes halogenated alkanes) is 8. The van der Waals surface area contributed by atoms with Gasteiger partial charge in [-0.05, 0) is 90.1 Å². The van der Waals surface area contributed by atoms with Crippen molar-refractivity contribution in [2.75, 3.05) is 0 Å². The second-order valence-electron chi connectivity index (χ2n) is 10.2. The molecule has 0 aliphatic heterocycles. The van der Waals surface area contributed by atoms with E-state index in [1.165, 1.54) is 110 Å². The lowest BCUT2D eigenvalue weighted by atomic mass is 10.0. The molecule has 0 N–H and O–H groups in total. The number of aromatic nitrogens is 3. The third-order valence-electron chi connectivity index (χ3n) is 7.02. The standard InChI is InChI=1S/C31H42IN3S3/c1-4-7-10-12-15-23-20-28(31-24(21-29(32)38-31)16-13-11-8-5-2)37-30(23)27-18-17-26(36-27)25-22-35(34-33-25)19-14-9-6-3/h17-18,20-22H,4-16,19H2,1-3H3. The third kappa shape index (κ3) is 8.24. The van der Waals surface area contributed by atoms with E-state index in [4.69, 9.17) is 0 Å². The molecule has 4 rings (SSSR count). The summed E-state index contributed by atoms with van der Waals surface area (Å²) in [5, 5.41) is 8.89. The van der Waals surface area contributed by atoms with Crippen LogP contribution >= 0.6 is 56.6 Å². The van der Waals surface area contributed by atoms with Crippen LogP contribution in [-0.4, -0.2) is 15.0 Å². The molecule has 4 aromatic rings. The number of halogens is 1. The molecule has 0 spiro atoms. The fraction of sp³-hybridized carbons (Fsp3) is 0.548. The molecule has 7 heteroatoms. The Hall–Kier alpha value is -1.03. The van der Waals surface area contributed by atoms with E-state index in [-0.39, 0.29) is 0 Å². The molecule has 0 fully saturated rings. The maximum Gasteiger partial charge on any atom is 0.123 e. The second kappa shape index (κ2) is 15.7. The van der Waals surface area contributed by atoms with Crippen LogP contribution in [0.4, 0.5) is 0 Å². The van der Waals surface area contributed by atoms with Crippen molar-refractivity contribution in [1.29, 1.82) is 0 Å². The van der Waals surface area contributed by atoms with E-state index in [9.17, 15) is 0 Å². The average Bonchev–Trinajstić information content (AvgIpc) is 3.71. The predicted octanol–water partition coefficient (Wildman–Crippen LogP) is 11.5. The van der Waals surface area contributed by atoms with Crippen LogP contribution in [0.25, 0.3) is 30.1 Å². The van der Waals surface area contributed by atoms with Crippen molar-refractivity contribution in [3.05, 3.63) is 44.5 Å². The quantitative estimate of drug-likeness (QED) is 0.0821. The minimum absolute atomic E-state index is 0.954. The van der Waals surface area contributed by atoms with Gasteiger partial charge in [-0.1, -0.05) is 77.4 Å². The van der Waals surface area contributed by atoms with Gasteiger partial charge in [0.25, 0.3) is 0 Å². The number of hydrogen-bond donors (Lipinski definition) is 0. The number of aryl methyl sites for hydroxylation is 3. The molecular formula is C31H42IN3S3. The van der Waals surface area contributed by atoms with Gasteiger partial charge in [0.05, 0.1) is 14.0 Å². The van der Waals surface area contributed by atoms with Crippen molar-refractivity contribution in [3.63, 3.8) is 0 Å². The normalized spacial score (nSPS) is 11.6. The largest absolute Gasteiger partial charge is 0.252 e. The van der Waals surface area contributed by atoms with E-state index >= 15 is 0 Å². The van der Waals surface area contributed by atoms with Crippen LogP contribution in [0.5, 0.6) is 0 Å². The summed E-state index contributed by atoms with van der Waals surface area (Å²) in [6.07, 6.45) is 18.6. The molecule has 0 aliphatic carbocycles. The molecule has 0 aromatic carbocycles. The van der Waals surface area contributed by atoms with Gasteiger partial charge in [0.15, 0.2) is 0 Å². The molecule has 0 saturated carbocycles. The molecule has 206 valence electrons. The topological polar surface area (TPSA) is 30.7 Å². The summed E-state index contributed by atoms with van der Waals surface area (Å²) in [7, 11) is 0. The smallest absolute Gasteiger partial charge is 0.123 e. The van der Waals surface area contributed by atoms with Crippen molar-refractivity contribution in [1.82, 2.24) is 15.0 Å². The molecule has 0 radical (unpaired) electrons. The summed E-state index contributed by atoms with van der Waals surface area (Å²) >= 11 is 8.36. The Morgan fingerprint density at radius 3 is 2.03 bits per heavy atom. The van der Waals surface area contributed by atoms with E-state index in [0.29, 0.717) is 0 Å². The third-order valence-corrected chi connectivity index (χ3v) is 11.6. The molecule has 0 amide bonds. The minimum Gasteiger partial charge on any atom is -0.252 e. The monoisotopic (exact) mass is 679 g/mol. The van der Waals surface area contributed by atoms with Crippen LogP contribution in [0.2, 0.25) is 0 Å². The Bertz CT molecular complexity index is 1250. The molecule has 0 unspecified atom stereocenters. The van der Waals surface area contributed by atoms with Gasteiger partial charge in [-0.2, -0.15) is 0 Å². The van der Waals surface area contributed by atoms with E-state index in [2.05, 4.69) is 84.1 Å². The van der Waals surface area contributed by atoms with Gasteiger partial charge in [0.2, 0.25) is 0 Å². The van der Waals surface area contributed by atoms with Gasteiger partial charge < -0.3 is 0 Å². The van der Waals surface area contributed by atoms with E-state index in [1.807, 2.05) is 38.7 Å². The van der Waals surface area contributed by atoms with E-state index < -0.39 is 0 Å². The first-order chi connectivity index (χ1) is 18.6. The highest BCUT2D eigenvalue weighted by atomic mass is 127. The summed E-state index contributed by atoms with van der Waals surface area (Å²) in [4.78, 5) is 7.02. The van der Waals surface area contributed by atoms with Crippen LogP contribution in [0.15, 0.2) is 30.5 Å². The van der Waals surface area contributed by atoms with Crippen molar-refractivity contribution in [2.24, 2.45) is 0 Å². The Morgan fingerprint density at radius 1 is 0.684 bits per heavy atom. The lowest BCUT2D eigenvalue weighted by Gasteiger charge is -2.02. The summed E-state index contributed by atoms with van der Waals surface area (Å²) < 4.78 is 3.41. The highest BCUT2D eigenvalue weighted by molar-refractivity contribution is 14.1. The summed E-state index contributed by atoms with van der Waals surface area (Å²) in [5.74, 6) is 0. The molecule has 3 nitrogen and oxygen atoms in total. The van der Waals surface area contributed by atoms with Gasteiger partial charge in [-0.25, -0.2) is 0 Å². The number of rotatable bonds is 17. The lowest BCUT2D eigenvalue weighted by molar-refractivity contribution is 0.537. The van der Waals surface area contributed by atoms with Crippen LogP contribution in [0.1, 0.15) is 103 Å². The highest BCUT2D eigenvalue weighted by Gasteiger charge is 2.19. The maximum absolute atomic E-state index is 4.50. The molecule has 0 atom stereocenters. The summed E-state index contributed by atoms with van der Waals surface area (Å²) in [5.41, 5.74) is 4.08. The highest BCUT2D eigenvalue weighted by Crippen LogP contribution is 2.46. The Labute approximate surface area is 255 Å². The molecule has 0 aliphatic rings. The number of nitrogens with zero attached hydrogens (tertiary/aromatic N) is 3. The fourth-order valence-electron chi connectivity index (χ4n) is 4.85. The van der Waals surface area contributed by atoms with Gasteiger partial charge in [-0.3, -0.25) is 4.68 Å². The SMILES string of the molecule is CCCCCCc1cc(I)sc1-c1cc(CCCCCC)c(-c2ccc(-c3cn(CCCCC)nn3)s2)s1. The van der Waals surface area contributed by atoms with Gasteiger partial charge in [0.1, 0.15) is 5.69 Å². The predicted molar refractivity (Wildman–Crippen MR) is 178 cm³/mol. The molecule has 4 aromatic heterocycles. The molecule has 4 heterocycles. The van der Waals surface area contributed by atoms with Gasteiger partial charge in [-0.15, -0.1) is 39.1 Å². The second-order valence-corrected chi connectivity index (χ2v) is 15.3. The summed E-state index contributed by atoms with van der Waals surface area (Å²) in [6.45, 7) is 7.78. The van der Waals surface area contributed by atoms with Crippen molar-refractivity contribution in [3.8, 4) is 30.1 Å². The first-order valence-corrected chi connectivity index (χ1v) is 18.1. The Balaban J connectivity index is 1.58. The zero-order valence-corrected chi connectivity index (χ0v) is 27.8. The first kappa shape index (κ1) is 29.9. The molecular weight excluding hydrogens is 637 g/mol. The van der Waals surface area contributed by atoms with Crippen molar-refractivity contribution in [2.45, 2.75) is 111 Å². The van der Waals surface area contributed by atoms with Gasteiger partial charge >= 0.3 is 0 Å². The first-order valence-electron chi connectivity index (χ1n) is 14.5. The minimum atomic E-state index is 0.954. The molecule has 0 saturated heterocycles. The Morgan fingerprint density at radius 2 is 1.32 bits per heavy atom. The van der Waals surface area contributed by atoms with Crippen LogP contribution in [0, 0.1) is 2.88 Å². The number of hydrogen-bond acceptors (Lipinski definition) is 5. The molecule has 38 heavy (non-hydrogen) atoms. The Kier molecular flexibility index (Phi) is 12.4. The van der Waals surface area contributed by atoms with Gasteiger partial charge in [0, 0.05) is 26.1 Å². The zero-order valence-electron chi connectivity index (χ0n) is 23.2.